The standard InChI is InChI=1S/C15H29N3O2/c1-3-7-16-14(15(19)20-2)12-17-9-10-18-8-5-4-6-13(18)11-17/h13-14,16H,3-12H2,1-2H3. The van der Waals surface area contributed by atoms with Crippen molar-refractivity contribution in [3.63, 3.8) is 0 Å². The third kappa shape index (κ3) is 4.17. The number of methoxy groups -OCH3 is 1. The number of nitrogens with zero attached hydrogens (tertiary/aromatic N) is 2. The molecule has 2 aliphatic rings. The molecule has 0 aromatic carbocycles. The monoisotopic (exact) mass is 283 g/mol. The SMILES string of the molecule is CCCNC(CN1CCN2CCCCC2C1)C(=O)OC. The maximum absolute atomic E-state index is 11.9. The minimum atomic E-state index is -0.185. The Morgan fingerprint density at radius 1 is 1.35 bits per heavy atom. The lowest BCUT2D eigenvalue weighted by Crippen LogP contribution is -2.58. The highest BCUT2D eigenvalue weighted by molar-refractivity contribution is 5.75. The molecule has 0 amide bonds. The molecule has 0 radical (unpaired) electrons. The summed E-state index contributed by atoms with van der Waals surface area (Å²) >= 11 is 0. The second kappa shape index (κ2) is 7.96. The summed E-state index contributed by atoms with van der Waals surface area (Å²) in [5.41, 5.74) is 0. The molecule has 0 spiro atoms. The molecule has 1 N–H and O–H groups in total. The van der Waals surface area contributed by atoms with Crippen molar-refractivity contribution in [2.24, 2.45) is 0 Å². The average Bonchev–Trinajstić information content (AvgIpc) is 2.50. The summed E-state index contributed by atoms with van der Waals surface area (Å²) in [6.45, 7) is 8.32. The van der Waals surface area contributed by atoms with Crippen LogP contribution in [0.25, 0.3) is 0 Å². The Balaban J connectivity index is 1.84. The molecule has 116 valence electrons. The van der Waals surface area contributed by atoms with Crippen LogP contribution in [0.2, 0.25) is 0 Å². The van der Waals surface area contributed by atoms with E-state index in [0.717, 1.165) is 39.1 Å². The van der Waals surface area contributed by atoms with Crippen LogP contribution in [-0.4, -0.2) is 74.2 Å². The van der Waals surface area contributed by atoms with Crippen LogP contribution >= 0.6 is 0 Å². The Labute approximate surface area is 122 Å². The van der Waals surface area contributed by atoms with Crippen molar-refractivity contribution in [2.75, 3.05) is 46.4 Å². The summed E-state index contributed by atoms with van der Waals surface area (Å²) in [6, 6.07) is 0.511. The molecule has 2 saturated heterocycles. The number of ether oxygens (including phenoxy) is 1. The summed E-state index contributed by atoms with van der Waals surface area (Å²) in [4.78, 5) is 16.9. The number of fused-ring (bicyclic) bond motifs is 1. The Kier molecular flexibility index (Phi) is 6.26. The normalized spacial score (nSPS) is 26.0. The van der Waals surface area contributed by atoms with Crippen molar-refractivity contribution in [3.05, 3.63) is 0 Å². The van der Waals surface area contributed by atoms with Gasteiger partial charge in [-0.2, -0.15) is 0 Å². The third-order valence-electron chi connectivity index (χ3n) is 4.49. The van der Waals surface area contributed by atoms with Crippen molar-refractivity contribution in [3.8, 4) is 0 Å². The van der Waals surface area contributed by atoms with Gasteiger partial charge in [0.05, 0.1) is 7.11 Å². The van der Waals surface area contributed by atoms with Crippen LogP contribution in [0.4, 0.5) is 0 Å². The molecule has 2 unspecified atom stereocenters. The highest BCUT2D eigenvalue weighted by Crippen LogP contribution is 2.21. The Morgan fingerprint density at radius 2 is 2.20 bits per heavy atom. The molecule has 2 fully saturated rings. The van der Waals surface area contributed by atoms with Crippen LogP contribution in [0.3, 0.4) is 0 Å². The van der Waals surface area contributed by atoms with E-state index in [9.17, 15) is 4.79 Å². The van der Waals surface area contributed by atoms with Gasteiger partial charge in [0.15, 0.2) is 0 Å². The predicted molar refractivity (Wildman–Crippen MR) is 79.7 cm³/mol. The minimum Gasteiger partial charge on any atom is -0.468 e. The summed E-state index contributed by atoms with van der Waals surface area (Å²) in [5, 5.41) is 3.31. The van der Waals surface area contributed by atoms with E-state index >= 15 is 0 Å². The maximum atomic E-state index is 11.9. The zero-order valence-electron chi connectivity index (χ0n) is 12.9. The van der Waals surface area contributed by atoms with Crippen LogP contribution in [-0.2, 0) is 9.53 Å². The number of esters is 1. The maximum Gasteiger partial charge on any atom is 0.324 e. The number of hydrogen-bond donors (Lipinski definition) is 1. The molecule has 2 aliphatic heterocycles. The van der Waals surface area contributed by atoms with E-state index in [1.54, 1.807) is 0 Å². The molecule has 0 aromatic rings. The molecule has 5 nitrogen and oxygen atoms in total. The zero-order chi connectivity index (χ0) is 14.4. The van der Waals surface area contributed by atoms with E-state index in [1.165, 1.54) is 32.9 Å². The second-order valence-electron chi connectivity index (χ2n) is 5.98. The number of hydrogen-bond acceptors (Lipinski definition) is 5. The first-order chi connectivity index (χ1) is 9.74. The lowest BCUT2D eigenvalue weighted by atomic mass is 9.99. The van der Waals surface area contributed by atoms with Gasteiger partial charge in [0.2, 0.25) is 0 Å². The lowest BCUT2D eigenvalue weighted by molar-refractivity contribution is -0.143. The third-order valence-corrected chi connectivity index (χ3v) is 4.49. The van der Waals surface area contributed by atoms with Gasteiger partial charge >= 0.3 is 5.97 Å². The summed E-state index contributed by atoms with van der Waals surface area (Å²) in [7, 11) is 1.47. The number of piperazine rings is 1. The van der Waals surface area contributed by atoms with Crippen molar-refractivity contribution in [1.82, 2.24) is 15.1 Å². The number of piperidine rings is 1. The van der Waals surface area contributed by atoms with Gasteiger partial charge in [-0.1, -0.05) is 13.3 Å². The van der Waals surface area contributed by atoms with Crippen molar-refractivity contribution < 1.29 is 9.53 Å². The fraction of sp³-hybridized carbons (Fsp3) is 0.933. The van der Waals surface area contributed by atoms with Gasteiger partial charge in [0, 0.05) is 32.2 Å². The van der Waals surface area contributed by atoms with Crippen LogP contribution in [0.1, 0.15) is 32.6 Å². The molecule has 5 heteroatoms. The first-order valence-corrected chi connectivity index (χ1v) is 8.02. The van der Waals surface area contributed by atoms with Gasteiger partial charge in [-0.25, -0.2) is 0 Å². The van der Waals surface area contributed by atoms with E-state index in [2.05, 4.69) is 22.0 Å². The number of carbonyl (C=O) groups excluding carboxylic acids is 1. The molecule has 0 aliphatic carbocycles. The first kappa shape index (κ1) is 15.7. The molecule has 2 rings (SSSR count). The fourth-order valence-electron chi connectivity index (χ4n) is 3.33. The topological polar surface area (TPSA) is 44.8 Å². The van der Waals surface area contributed by atoms with E-state index < -0.39 is 0 Å². The lowest BCUT2D eigenvalue weighted by Gasteiger charge is -2.44. The minimum absolute atomic E-state index is 0.135. The second-order valence-corrected chi connectivity index (χ2v) is 5.98. The van der Waals surface area contributed by atoms with Gasteiger partial charge in [-0.3, -0.25) is 14.6 Å². The highest BCUT2D eigenvalue weighted by Gasteiger charge is 2.31. The van der Waals surface area contributed by atoms with Crippen LogP contribution < -0.4 is 5.32 Å². The zero-order valence-corrected chi connectivity index (χ0v) is 12.9. The number of rotatable bonds is 6. The van der Waals surface area contributed by atoms with Gasteiger partial charge in [0.25, 0.3) is 0 Å². The quantitative estimate of drug-likeness (QED) is 0.727. The average molecular weight is 283 g/mol. The van der Waals surface area contributed by atoms with E-state index in [0.29, 0.717) is 6.04 Å². The molecule has 0 bridgehead atoms. The Bertz CT molecular complexity index is 311. The molecule has 20 heavy (non-hydrogen) atoms. The van der Waals surface area contributed by atoms with Crippen LogP contribution in [0, 0.1) is 0 Å². The van der Waals surface area contributed by atoms with Crippen molar-refractivity contribution in [1.29, 1.82) is 0 Å². The Hall–Kier alpha value is -0.650. The largest absolute Gasteiger partial charge is 0.468 e. The molecular formula is C15H29N3O2. The van der Waals surface area contributed by atoms with E-state index in [4.69, 9.17) is 4.74 Å². The van der Waals surface area contributed by atoms with Crippen molar-refractivity contribution >= 4 is 5.97 Å². The molecule has 2 heterocycles. The van der Waals surface area contributed by atoms with E-state index in [1.807, 2.05) is 0 Å². The molecule has 0 saturated carbocycles. The molecule has 0 aromatic heterocycles. The molecule has 2 atom stereocenters. The summed E-state index contributed by atoms with van der Waals surface area (Å²) in [5.74, 6) is -0.135. The molecular weight excluding hydrogens is 254 g/mol. The van der Waals surface area contributed by atoms with Crippen molar-refractivity contribution in [2.45, 2.75) is 44.7 Å². The van der Waals surface area contributed by atoms with Gasteiger partial charge in [-0.15, -0.1) is 0 Å². The summed E-state index contributed by atoms with van der Waals surface area (Å²) < 4.78 is 4.92. The smallest absolute Gasteiger partial charge is 0.324 e. The Morgan fingerprint density at radius 3 is 2.95 bits per heavy atom. The van der Waals surface area contributed by atoms with Crippen LogP contribution in [0.15, 0.2) is 0 Å². The van der Waals surface area contributed by atoms with Gasteiger partial charge in [0.1, 0.15) is 6.04 Å². The summed E-state index contributed by atoms with van der Waals surface area (Å²) in [6.07, 6.45) is 5.04. The predicted octanol–water partition coefficient (Wildman–Crippen LogP) is 0.698. The van der Waals surface area contributed by atoms with Gasteiger partial charge < -0.3 is 10.1 Å². The number of carbonyl (C=O) groups is 1. The highest BCUT2D eigenvalue weighted by atomic mass is 16.5. The fourth-order valence-corrected chi connectivity index (χ4v) is 3.33. The van der Waals surface area contributed by atoms with E-state index in [-0.39, 0.29) is 12.0 Å². The van der Waals surface area contributed by atoms with Crippen LogP contribution in [0.5, 0.6) is 0 Å². The number of nitrogens with one attached hydrogen (secondary N) is 1. The van der Waals surface area contributed by atoms with Gasteiger partial charge in [-0.05, 0) is 32.4 Å². The first-order valence-electron chi connectivity index (χ1n) is 8.02.